The third-order valence-electron chi connectivity index (χ3n) is 4.48. The quantitative estimate of drug-likeness (QED) is 0.701. The molecule has 0 bridgehead atoms. The molecular weight excluding hydrogens is 384 g/mol. The minimum Gasteiger partial charge on any atom is -0.444 e. The Hall–Kier alpha value is -2.07. The summed E-state index contributed by atoms with van der Waals surface area (Å²) >= 11 is 3.39. The van der Waals surface area contributed by atoms with Gasteiger partial charge in [-0.3, -0.25) is 0 Å². The van der Waals surface area contributed by atoms with Crippen LogP contribution in [0, 0.1) is 11.3 Å². The number of aromatic nitrogens is 2. The number of fused-ring (bicyclic) bond motifs is 1. The van der Waals surface area contributed by atoms with Crippen LogP contribution in [-0.2, 0) is 4.74 Å². The second kappa shape index (κ2) is 6.34. The summed E-state index contributed by atoms with van der Waals surface area (Å²) in [4.78, 5) is 18.4. The van der Waals surface area contributed by atoms with Crippen molar-refractivity contribution in [2.45, 2.75) is 51.3 Å². The standard InChI is InChI=1S/C18H21BrN4O2/c1-18(2,3)25-17(24)22(4)12-7-13(8-12)23-10-11(9-20)14-5-6-15(19)21-16(14)23/h5-6,10,12-13H,7-8H2,1-4H3. The highest BCUT2D eigenvalue weighted by Gasteiger charge is 2.37. The fourth-order valence-electron chi connectivity index (χ4n) is 3.05. The van der Waals surface area contributed by atoms with E-state index in [2.05, 4.69) is 31.6 Å². The Morgan fingerprint density at radius 1 is 1.44 bits per heavy atom. The summed E-state index contributed by atoms with van der Waals surface area (Å²) in [6.07, 6.45) is 3.20. The molecule has 2 aromatic heterocycles. The molecule has 0 N–H and O–H groups in total. The predicted octanol–water partition coefficient (Wildman–Crippen LogP) is 4.24. The van der Waals surface area contributed by atoms with Crippen molar-refractivity contribution in [1.82, 2.24) is 14.5 Å². The zero-order valence-corrected chi connectivity index (χ0v) is 16.4. The van der Waals surface area contributed by atoms with Gasteiger partial charge < -0.3 is 14.2 Å². The van der Waals surface area contributed by atoms with Crippen molar-refractivity contribution in [3.63, 3.8) is 0 Å². The first kappa shape index (κ1) is 17.7. The van der Waals surface area contributed by atoms with Crippen LogP contribution in [0.1, 0.15) is 45.2 Å². The molecule has 0 saturated heterocycles. The van der Waals surface area contributed by atoms with Crippen molar-refractivity contribution in [2.24, 2.45) is 0 Å². The largest absolute Gasteiger partial charge is 0.444 e. The molecule has 6 nitrogen and oxygen atoms in total. The average Bonchev–Trinajstić information content (AvgIpc) is 2.81. The van der Waals surface area contributed by atoms with Gasteiger partial charge in [0.1, 0.15) is 21.9 Å². The van der Waals surface area contributed by atoms with Gasteiger partial charge in [-0.2, -0.15) is 5.26 Å². The van der Waals surface area contributed by atoms with Gasteiger partial charge in [0.15, 0.2) is 0 Å². The lowest BCUT2D eigenvalue weighted by Gasteiger charge is -2.42. The van der Waals surface area contributed by atoms with Crippen molar-refractivity contribution in [3.05, 3.63) is 28.5 Å². The first-order chi connectivity index (χ1) is 11.7. The summed E-state index contributed by atoms with van der Waals surface area (Å²) in [5.74, 6) is 0. The molecule has 2 heterocycles. The lowest BCUT2D eigenvalue weighted by atomic mass is 9.85. The van der Waals surface area contributed by atoms with E-state index in [1.807, 2.05) is 39.1 Å². The summed E-state index contributed by atoms with van der Waals surface area (Å²) < 4.78 is 8.22. The number of rotatable bonds is 2. The van der Waals surface area contributed by atoms with Crippen LogP contribution < -0.4 is 0 Å². The predicted molar refractivity (Wildman–Crippen MR) is 98.2 cm³/mol. The Bertz CT molecular complexity index is 856. The van der Waals surface area contributed by atoms with E-state index in [-0.39, 0.29) is 18.2 Å². The molecule has 3 rings (SSSR count). The van der Waals surface area contributed by atoms with Crippen molar-refractivity contribution >= 4 is 33.1 Å². The molecule has 0 unspecified atom stereocenters. The molecule has 0 atom stereocenters. The normalized spacial score (nSPS) is 20.0. The van der Waals surface area contributed by atoms with Gasteiger partial charge in [-0.1, -0.05) is 0 Å². The Kier molecular flexibility index (Phi) is 4.50. The summed E-state index contributed by atoms with van der Waals surface area (Å²) in [5.41, 5.74) is 0.927. The van der Waals surface area contributed by atoms with Gasteiger partial charge in [0.2, 0.25) is 0 Å². The van der Waals surface area contributed by atoms with Crippen molar-refractivity contribution in [3.8, 4) is 6.07 Å². The Morgan fingerprint density at radius 2 is 2.12 bits per heavy atom. The summed E-state index contributed by atoms with van der Waals surface area (Å²) in [6, 6.07) is 6.34. The molecule has 0 aromatic carbocycles. The molecule has 0 radical (unpaired) electrons. The summed E-state index contributed by atoms with van der Waals surface area (Å²) in [6.45, 7) is 5.59. The SMILES string of the molecule is CN(C(=O)OC(C)(C)C)C1CC(n2cc(C#N)c3ccc(Br)nc32)C1. The minimum absolute atomic E-state index is 0.134. The van der Waals surface area contributed by atoms with Crippen LogP contribution in [0.3, 0.4) is 0 Å². The van der Waals surface area contributed by atoms with Gasteiger partial charge in [-0.15, -0.1) is 0 Å². The van der Waals surface area contributed by atoms with Crippen LogP contribution in [0.25, 0.3) is 11.0 Å². The fourth-order valence-corrected chi connectivity index (χ4v) is 3.36. The number of amides is 1. The molecule has 1 amide bonds. The number of pyridine rings is 1. The summed E-state index contributed by atoms with van der Waals surface area (Å²) in [5, 5.41) is 10.2. The van der Waals surface area contributed by atoms with Crippen LogP contribution in [0.2, 0.25) is 0 Å². The number of nitriles is 1. The third-order valence-corrected chi connectivity index (χ3v) is 4.92. The average molecular weight is 405 g/mol. The smallest absolute Gasteiger partial charge is 0.410 e. The van der Waals surface area contributed by atoms with E-state index in [1.165, 1.54) is 0 Å². The van der Waals surface area contributed by atoms with E-state index in [1.54, 1.807) is 11.9 Å². The maximum absolute atomic E-state index is 12.2. The monoisotopic (exact) mass is 404 g/mol. The molecule has 2 aromatic rings. The maximum Gasteiger partial charge on any atom is 0.410 e. The second-order valence-corrected chi connectivity index (χ2v) is 8.25. The van der Waals surface area contributed by atoms with Gasteiger partial charge in [0.25, 0.3) is 0 Å². The van der Waals surface area contributed by atoms with Crippen LogP contribution in [0.5, 0.6) is 0 Å². The Labute approximate surface area is 155 Å². The van der Waals surface area contributed by atoms with Crippen LogP contribution in [0.4, 0.5) is 4.79 Å². The van der Waals surface area contributed by atoms with E-state index in [0.29, 0.717) is 5.56 Å². The molecule has 132 valence electrons. The van der Waals surface area contributed by atoms with E-state index < -0.39 is 5.60 Å². The molecule has 0 aliphatic heterocycles. The lowest BCUT2D eigenvalue weighted by Crippen LogP contribution is -2.47. The lowest BCUT2D eigenvalue weighted by molar-refractivity contribution is 0.00809. The highest BCUT2D eigenvalue weighted by Crippen LogP contribution is 2.38. The van der Waals surface area contributed by atoms with E-state index in [0.717, 1.165) is 28.5 Å². The number of nitrogens with zero attached hydrogens (tertiary/aromatic N) is 4. The number of halogens is 1. The molecule has 25 heavy (non-hydrogen) atoms. The first-order valence-corrected chi connectivity index (χ1v) is 9.02. The van der Waals surface area contributed by atoms with Gasteiger partial charge in [0.05, 0.1) is 5.56 Å². The molecule has 7 heteroatoms. The topological polar surface area (TPSA) is 71.2 Å². The highest BCUT2D eigenvalue weighted by molar-refractivity contribution is 9.10. The molecule has 1 aliphatic rings. The molecule has 1 aliphatic carbocycles. The van der Waals surface area contributed by atoms with Crippen molar-refractivity contribution in [1.29, 1.82) is 5.26 Å². The van der Waals surface area contributed by atoms with Crippen LogP contribution in [0.15, 0.2) is 22.9 Å². The number of carbonyl (C=O) groups is 1. The van der Waals surface area contributed by atoms with Crippen molar-refractivity contribution in [2.75, 3.05) is 7.05 Å². The maximum atomic E-state index is 12.2. The van der Waals surface area contributed by atoms with Crippen LogP contribution in [-0.4, -0.2) is 39.2 Å². The molecule has 1 saturated carbocycles. The number of carbonyl (C=O) groups excluding carboxylic acids is 1. The fraction of sp³-hybridized carbons (Fsp3) is 0.500. The van der Waals surface area contributed by atoms with E-state index >= 15 is 0 Å². The van der Waals surface area contributed by atoms with Gasteiger partial charge in [-0.25, -0.2) is 9.78 Å². The van der Waals surface area contributed by atoms with Crippen molar-refractivity contribution < 1.29 is 9.53 Å². The third kappa shape index (κ3) is 3.49. The number of hydrogen-bond acceptors (Lipinski definition) is 4. The van der Waals surface area contributed by atoms with E-state index in [4.69, 9.17) is 4.74 Å². The number of hydrogen-bond donors (Lipinski definition) is 0. The Morgan fingerprint density at radius 3 is 2.72 bits per heavy atom. The minimum atomic E-state index is -0.497. The second-order valence-electron chi connectivity index (χ2n) is 7.44. The molecule has 1 fully saturated rings. The first-order valence-electron chi connectivity index (χ1n) is 8.22. The number of ether oxygens (including phenoxy) is 1. The van der Waals surface area contributed by atoms with E-state index in [9.17, 15) is 10.1 Å². The van der Waals surface area contributed by atoms with Gasteiger partial charge >= 0.3 is 6.09 Å². The highest BCUT2D eigenvalue weighted by atomic mass is 79.9. The molecule has 0 spiro atoms. The van der Waals surface area contributed by atoms with Crippen LogP contribution >= 0.6 is 15.9 Å². The zero-order chi connectivity index (χ0) is 18.4. The Balaban J connectivity index is 1.75. The zero-order valence-electron chi connectivity index (χ0n) is 14.8. The summed E-state index contributed by atoms with van der Waals surface area (Å²) in [7, 11) is 1.78. The van der Waals surface area contributed by atoms with Gasteiger partial charge in [-0.05, 0) is 61.7 Å². The van der Waals surface area contributed by atoms with Gasteiger partial charge in [0, 0.05) is 30.7 Å². The molecular formula is C18H21BrN4O2.